The van der Waals surface area contributed by atoms with Crippen molar-refractivity contribution in [3.05, 3.63) is 52.5 Å². The van der Waals surface area contributed by atoms with E-state index in [0.717, 1.165) is 31.0 Å². The largest absolute Gasteiger partial charge is 0.496 e. The molecule has 6 nitrogen and oxygen atoms in total. The molecule has 1 amide bonds. The highest BCUT2D eigenvalue weighted by Gasteiger charge is 2.34. The summed E-state index contributed by atoms with van der Waals surface area (Å²) in [6, 6.07) is 6.39. The van der Waals surface area contributed by atoms with Gasteiger partial charge in [0.05, 0.1) is 28.2 Å². The number of alkyl halides is 3. The fourth-order valence-electron chi connectivity index (χ4n) is 3.13. The van der Waals surface area contributed by atoms with Crippen molar-refractivity contribution in [2.75, 3.05) is 24.9 Å². The van der Waals surface area contributed by atoms with E-state index in [2.05, 4.69) is 4.72 Å². The number of likely N-dealkylation sites (tertiary alicyclic amines) is 1. The molecular formula is C19H18ClF3N2O4S. The minimum atomic E-state index is -4.74. The summed E-state index contributed by atoms with van der Waals surface area (Å²) in [6.07, 6.45) is -3.04. The SMILES string of the molecule is COc1ccc(S(=O)(=O)Nc2ccc(Cl)c(C(F)(F)F)c2)cc1C(=O)N1CCCC1. The second-order valence-corrected chi connectivity index (χ2v) is 8.75. The molecular weight excluding hydrogens is 445 g/mol. The van der Waals surface area contributed by atoms with Crippen molar-refractivity contribution in [2.24, 2.45) is 0 Å². The number of carbonyl (C=O) groups is 1. The highest BCUT2D eigenvalue weighted by molar-refractivity contribution is 7.92. The van der Waals surface area contributed by atoms with Gasteiger partial charge in [0, 0.05) is 18.8 Å². The highest BCUT2D eigenvalue weighted by Crippen LogP contribution is 2.36. The topological polar surface area (TPSA) is 75.7 Å². The quantitative estimate of drug-likeness (QED) is 0.714. The third-order valence-electron chi connectivity index (χ3n) is 4.63. The van der Waals surface area contributed by atoms with Gasteiger partial charge in [-0.3, -0.25) is 9.52 Å². The molecule has 1 aliphatic heterocycles. The van der Waals surface area contributed by atoms with Gasteiger partial charge in [-0.05, 0) is 49.2 Å². The second-order valence-electron chi connectivity index (χ2n) is 6.66. The third-order valence-corrected chi connectivity index (χ3v) is 6.34. The molecule has 11 heteroatoms. The predicted molar refractivity (Wildman–Crippen MR) is 105 cm³/mol. The smallest absolute Gasteiger partial charge is 0.417 e. The van der Waals surface area contributed by atoms with Crippen LogP contribution in [0.1, 0.15) is 28.8 Å². The lowest BCUT2D eigenvalue weighted by molar-refractivity contribution is -0.137. The summed E-state index contributed by atoms with van der Waals surface area (Å²) >= 11 is 5.57. The van der Waals surface area contributed by atoms with Crippen LogP contribution in [0.15, 0.2) is 41.3 Å². The van der Waals surface area contributed by atoms with E-state index in [1.165, 1.54) is 19.2 Å². The maximum Gasteiger partial charge on any atom is 0.417 e. The normalized spacial score (nSPS) is 14.6. The molecule has 1 aliphatic rings. The van der Waals surface area contributed by atoms with Gasteiger partial charge in [0.15, 0.2) is 0 Å². The number of nitrogens with one attached hydrogen (secondary N) is 1. The van der Waals surface area contributed by atoms with Gasteiger partial charge in [0.1, 0.15) is 5.75 Å². The number of ether oxygens (including phenoxy) is 1. The molecule has 0 unspecified atom stereocenters. The molecule has 0 radical (unpaired) electrons. The van der Waals surface area contributed by atoms with Crippen molar-refractivity contribution in [3.8, 4) is 5.75 Å². The summed E-state index contributed by atoms with van der Waals surface area (Å²) in [5, 5.41) is -0.548. The number of rotatable bonds is 5. The molecule has 0 spiro atoms. The first-order valence-corrected chi connectivity index (χ1v) is 10.8. The zero-order valence-electron chi connectivity index (χ0n) is 15.8. The number of amides is 1. The van der Waals surface area contributed by atoms with Crippen LogP contribution >= 0.6 is 11.6 Å². The van der Waals surface area contributed by atoms with E-state index in [0.29, 0.717) is 19.2 Å². The number of methoxy groups -OCH3 is 1. The van der Waals surface area contributed by atoms with Crippen LogP contribution in [0.3, 0.4) is 0 Å². The van der Waals surface area contributed by atoms with Crippen LogP contribution in [-0.4, -0.2) is 39.4 Å². The Bertz CT molecular complexity index is 1070. The minimum Gasteiger partial charge on any atom is -0.496 e. The van der Waals surface area contributed by atoms with Gasteiger partial charge in [0.2, 0.25) is 0 Å². The number of sulfonamides is 1. The molecule has 0 saturated carbocycles. The zero-order valence-corrected chi connectivity index (χ0v) is 17.4. The Morgan fingerprint density at radius 3 is 2.40 bits per heavy atom. The monoisotopic (exact) mass is 462 g/mol. The van der Waals surface area contributed by atoms with Crippen LogP contribution in [0, 0.1) is 0 Å². The third kappa shape index (κ3) is 4.65. The maximum atomic E-state index is 13.0. The lowest BCUT2D eigenvalue weighted by Gasteiger charge is -2.18. The Kier molecular flexibility index (Phi) is 6.19. The van der Waals surface area contributed by atoms with E-state index in [1.54, 1.807) is 4.90 Å². The van der Waals surface area contributed by atoms with Gasteiger partial charge in [-0.15, -0.1) is 0 Å². The summed E-state index contributed by atoms with van der Waals surface area (Å²) < 4.78 is 71.9. The van der Waals surface area contributed by atoms with Crippen molar-refractivity contribution in [3.63, 3.8) is 0 Å². The van der Waals surface area contributed by atoms with E-state index in [1.807, 2.05) is 0 Å². The first-order chi connectivity index (χ1) is 14.0. The summed E-state index contributed by atoms with van der Waals surface area (Å²) in [4.78, 5) is 14.1. The van der Waals surface area contributed by atoms with Crippen LogP contribution in [0.5, 0.6) is 5.75 Å². The Morgan fingerprint density at radius 2 is 1.80 bits per heavy atom. The summed E-state index contributed by atoms with van der Waals surface area (Å²) in [5.41, 5.74) is -1.41. The van der Waals surface area contributed by atoms with E-state index in [9.17, 15) is 26.4 Å². The molecule has 2 aromatic rings. The molecule has 0 aliphatic carbocycles. The van der Waals surface area contributed by atoms with Crippen LogP contribution in [-0.2, 0) is 16.2 Å². The van der Waals surface area contributed by atoms with E-state index >= 15 is 0 Å². The minimum absolute atomic E-state index is 0.0642. The Labute approximate surface area is 176 Å². The summed E-state index contributed by atoms with van der Waals surface area (Å²) in [5.74, 6) is -0.163. The number of benzene rings is 2. The van der Waals surface area contributed by atoms with Crippen molar-refractivity contribution in [1.29, 1.82) is 0 Å². The van der Waals surface area contributed by atoms with Gasteiger partial charge in [0.25, 0.3) is 15.9 Å². The lowest BCUT2D eigenvalue weighted by atomic mass is 10.1. The molecule has 0 aromatic heterocycles. The average Bonchev–Trinajstić information content (AvgIpc) is 3.22. The Morgan fingerprint density at radius 1 is 1.13 bits per heavy atom. The Balaban J connectivity index is 1.95. The lowest BCUT2D eigenvalue weighted by Crippen LogP contribution is -2.28. The van der Waals surface area contributed by atoms with Crippen molar-refractivity contribution < 1.29 is 31.1 Å². The van der Waals surface area contributed by atoms with Gasteiger partial charge < -0.3 is 9.64 Å². The molecule has 1 N–H and O–H groups in total. The van der Waals surface area contributed by atoms with Crippen LogP contribution < -0.4 is 9.46 Å². The summed E-state index contributed by atoms with van der Waals surface area (Å²) in [7, 11) is -2.92. The fraction of sp³-hybridized carbons (Fsp3) is 0.316. The van der Waals surface area contributed by atoms with E-state index < -0.39 is 26.8 Å². The number of hydrogen-bond acceptors (Lipinski definition) is 4. The second kappa shape index (κ2) is 8.35. The van der Waals surface area contributed by atoms with E-state index in [-0.39, 0.29) is 27.8 Å². The van der Waals surface area contributed by atoms with Gasteiger partial charge in [-0.1, -0.05) is 11.6 Å². The van der Waals surface area contributed by atoms with Crippen molar-refractivity contribution in [1.82, 2.24) is 4.90 Å². The molecule has 1 fully saturated rings. The fourth-order valence-corrected chi connectivity index (χ4v) is 4.43. The van der Waals surface area contributed by atoms with Crippen LogP contribution in [0.25, 0.3) is 0 Å². The van der Waals surface area contributed by atoms with Gasteiger partial charge in [-0.25, -0.2) is 8.42 Å². The predicted octanol–water partition coefficient (Wildman–Crippen LogP) is 4.40. The standard InChI is InChI=1S/C19H18ClF3N2O4S/c1-29-17-7-5-13(11-14(17)18(26)25-8-2-3-9-25)30(27,28)24-12-4-6-16(20)15(10-12)19(21,22)23/h4-7,10-11,24H,2-3,8-9H2,1H3. The molecule has 162 valence electrons. The molecule has 0 bridgehead atoms. The van der Waals surface area contributed by atoms with Crippen molar-refractivity contribution in [2.45, 2.75) is 23.9 Å². The number of anilines is 1. The van der Waals surface area contributed by atoms with E-state index in [4.69, 9.17) is 16.3 Å². The van der Waals surface area contributed by atoms with Crippen LogP contribution in [0.4, 0.5) is 18.9 Å². The molecule has 3 rings (SSSR count). The van der Waals surface area contributed by atoms with Gasteiger partial charge in [-0.2, -0.15) is 13.2 Å². The molecule has 30 heavy (non-hydrogen) atoms. The zero-order chi connectivity index (χ0) is 22.1. The number of carbonyl (C=O) groups excluding carboxylic acids is 1. The highest BCUT2D eigenvalue weighted by atomic mass is 35.5. The Hall–Kier alpha value is -2.46. The summed E-state index contributed by atoms with van der Waals surface area (Å²) in [6.45, 7) is 1.12. The number of hydrogen-bond donors (Lipinski definition) is 1. The first kappa shape index (κ1) is 22.2. The van der Waals surface area contributed by atoms with Gasteiger partial charge >= 0.3 is 6.18 Å². The first-order valence-electron chi connectivity index (χ1n) is 8.90. The average molecular weight is 463 g/mol. The maximum absolute atomic E-state index is 13.0. The van der Waals surface area contributed by atoms with Crippen LogP contribution in [0.2, 0.25) is 5.02 Å². The molecule has 2 aromatic carbocycles. The molecule has 1 heterocycles. The number of halogens is 4. The molecule has 0 atom stereocenters. The molecule has 1 saturated heterocycles. The number of nitrogens with zero attached hydrogens (tertiary/aromatic N) is 1. The van der Waals surface area contributed by atoms with Crippen molar-refractivity contribution >= 4 is 33.2 Å².